The Morgan fingerprint density at radius 3 is 2.62 bits per heavy atom. The Bertz CT molecular complexity index is 632. The first-order chi connectivity index (χ1) is 11.4. The normalized spacial score (nSPS) is 23.7. The number of ketones is 1. The molecule has 2 aliphatic rings. The second-order valence-corrected chi connectivity index (χ2v) is 7.88. The Morgan fingerprint density at radius 2 is 1.88 bits per heavy atom. The van der Waals surface area contributed by atoms with E-state index >= 15 is 0 Å². The summed E-state index contributed by atoms with van der Waals surface area (Å²) in [5.41, 5.74) is 1.90. The van der Waals surface area contributed by atoms with Gasteiger partial charge in [0.2, 0.25) is 0 Å². The second kappa shape index (κ2) is 6.58. The fourth-order valence-electron chi connectivity index (χ4n) is 3.88. The Hall–Kier alpha value is -1.84. The molecule has 1 aliphatic carbocycles. The van der Waals surface area contributed by atoms with Gasteiger partial charge in [-0.05, 0) is 64.0 Å². The van der Waals surface area contributed by atoms with E-state index in [0.717, 1.165) is 37.7 Å². The summed E-state index contributed by atoms with van der Waals surface area (Å²) in [6.45, 7) is 6.18. The number of benzene rings is 1. The van der Waals surface area contributed by atoms with Gasteiger partial charge >= 0.3 is 6.09 Å². The zero-order valence-electron chi connectivity index (χ0n) is 14.9. The molecule has 1 unspecified atom stereocenters. The maximum atomic E-state index is 13.2. The number of nitrogens with zero attached hydrogens (tertiary/aromatic N) is 1. The van der Waals surface area contributed by atoms with E-state index in [0.29, 0.717) is 6.54 Å². The van der Waals surface area contributed by atoms with Gasteiger partial charge in [-0.1, -0.05) is 24.3 Å². The molecule has 1 aliphatic heterocycles. The Kier molecular flexibility index (Phi) is 4.66. The van der Waals surface area contributed by atoms with E-state index in [2.05, 4.69) is 12.1 Å². The van der Waals surface area contributed by atoms with Crippen molar-refractivity contribution < 1.29 is 14.3 Å². The molecule has 4 heteroatoms. The average Bonchev–Trinajstić information content (AvgIpc) is 3.02. The topological polar surface area (TPSA) is 46.6 Å². The van der Waals surface area contributed by atoms with Gasteiger partial charge in [0.25, 0.3) is 0 Å². The van der Waals surface area contributed by atoms with E-state index in [-0.39, 0.29) is 23.8 Å². The van der Waals surface area contributed by atoms with Crippen molar-refractivity contribution in [1.82, 2.24) is 4.90 Å². The second-order valence-electron chi connectivity index (χ2n) is 7.88. The van der Waals surface area contributed by atoms with Gasteiger partial charge in [-0.2, -0.15) is 0 Å². The molecule has 0 spiro atoms. The number of fused-ring (bicyclic) bond motifs is 1. The zero-order valence-corrected chi connectivity index (χ0v) is 14.9. The number of carbonyl (C=O) groups excluding carboxylic acids is 2. The molecule has 1 amide bonds. The van der Waals surface area contributed by atoms with Gasteiger partial charge in [-0.15, -0.1) is 0 Å². The summed E-state index contributed by atoms with van der Waals surface area (Å²) in [7, 11) is 0. The number of hydrogen-bond donors (Lipinski definition) is 0. The summed E-state index contributed by atoms with van der Waals surface area (Å²) in [4.78, 5) is 27.3. The number of Topliss-reactive ketones (excluding diaryl/α,β-unsaturated/α-hetero) is 1. The number of aryl methyl sites for hydroxylation is 1. The SMILES string of the molecule is CC(C)(C)OC(=O)N1CCC[C@H]1C(=O)C1CCCc2ccccc21. The van der Waals surface area contributed by atoms with E-state index < -0.39 is 5.60 Å². The molecule has 24 heavy (non-hydrogen) atoms. The number of rotatable bonds is 2. The standard InChI is InChI=1S/C20H27NO3/c1-20(2,3)24-19(23)21-13-7-12-17(21)18(22)16-11-6-9-14-8-4-5-10-15(14)16/h4-5,8,10,16-17H,6-7,9,11-13H2,1-3H3/t16?,17-/m0/s1. The van der Waals surface area contributed by atoms with Crippen molar-refractivity contribution in [3.63, 3.8) is 0 Å². The molecular formula is C20H27NO3. The van der Waals surface area contributed by atoms with Gasteiger partial charge in [0, 0.05) is 12.5 Å². The molecule has 3 rings (SSSR count). The molecule has 0 radical (unpaired) electrons. The summed E-state index contributed by atoms with van der Waals surface area (Å²) in [5, 5.41) is 0. The van der Waals surface area contributed by atoms with E-state index in [1.165, 1.54) is 5.56 Å². The first-order valence-electron chi connectivity index (χ1n) is 8.98. The molecule has 1 saturated heterocycles. The van der Waals surface area contributed by atoms with Crippen LogP contribution in [0.15, 0.2) is 24.3 Å². The molecule has 130 valence electrons. The fourth-order valence-corrected chi connectivity index (χ4v) is 3.88. The lowest BCUT2D eigenvalue weighted by atomic mass is 9.78. The van der Waals surface area contributed by atoms with Crippen molar-refractivity contribution in [3.8, 4) is 0 Å². The Labute approximate surface area is 144 Å². The molecule has 4 nitrogen and oxygen atoms in total. The van der Waals surface area contributed by atoms with Gasteiger partial charge in [0.15, 0.2) is 5.78 Å². The van der Waals surface area contributed by atoms with Gasteiger partial charge in [-0.3, -0.25) is 9.69 Å². The van der Waals surface area contributed by atoms with Crippen molar-refractivity contribution in [2.24, 2.45) is 0 Å². The molecule has 2 atom stereocenters. The highest BCUT2D eigenvalue weighted by atomic mass is 16.6. The average molecular weight is 329 g/mol. The number of amides is 1. The fraction of sp³-hybridized carbons (Fsp3) is 0.600. The molecule has 0 saturated carbocycles. The van der Waals surface area contributed by atoms with Crippen LogP contribution in [-0.2, 0) is 16.0 Å². The smallest absolute Gasteiger partial charge is 0.410 e. The van der Waals surface area contributed by atoms with Gasteiger partial charge in [0.05, 0.1) is 6.04 Å². The third-order valence-electron chi connectivity index (χ3n) is 4.92. The maximum absolute atomic E-state index is 13.2. The number of hydrogen-bond acceptors (Lipinski definition) is 3. The van der Waals surface area contributed by atoms with Gasteiger partial charge in [-0.25, -0.2) is 4.79 Å². The van der Waals surface area contributed by atoms with Crippen LogP contribution in [0.4, 0.5) is 4.79 Å². The quantitative estimate of drug-likeness (QED) is 0.821. The molecule has 0 bridgehead atoms. The highest BCUT2D eigenvalue weighted by Crippen LogP contribution is 2.35. The van der Waals surface area contributed by atoms with Crippen LogP contribution in [0.1, 0.15) is 63.5 Å². The minimum Gasteiger partial charge on any atom is -0.444 e. The summed E-state index contributed by atoms with van der Waals surface area (Å²) < 4.78 is 5.49. The summed E-state index contributed by atoms with van der Waals surface area (Å²) in [6, 6.07) is 7.90. The lowest BCUT2D eigenvalue weighted by Crippen LogP contribution is -2.45. The largest absolute Gasteiger partial charge is 0.444 e. The lowest BCUT2D eigenvalue weighted by molar-refractivity contribution is -0.125. The first-order valence-corrected chi connectivity index (χ1v) is 8.98. The van der Waals surface area contributed by atoms with E-state index in [1.807, 2.05) is 32.9 Å². The monoisotopic (exact) mass is 329 g/mol. The van der Waals surface area contributed by atoms with Gasteiger partial charge < -0.3 is 4.74 Å². The van der Waals surface area contributed by atoms with Crippen LogP contribution in [-0.4, -0.2) is 35.0 Å². The molecule has 1 heterocycles. The number of likely N-dealkylation sites (tertiary alicyclic amines) is 1. The summed E-state index contributed by atoms with van der Waals surface area (Å²) >= 11 is 0. The molecule has 0 N–H and O–H groups in total. The Morgan fingerprint density at radius 1 is 1.12 bits per heavy atom. The third-order valence-corrected chi connectivity index (χ3v) is 4.92. The predicted octanol–water partition coefficient (Wildman–Crippen LogP) is 4.08. The van der Waals surface area contributed by atoms with Crippen LogP contribution < -0.4 is 0 Å². The van der Waals surface area contributed by atoms with Crippen LogP contribution in [0.25, 0.3) is 0 Å². The highest BCUT2D eigenvalue weighted by Gasteiger charge is 2.40. The number of ether oxygens (including phenoxy) is 1. The van der Waals surface area contributed by atoms with Crippen molar-refractivity contribution in [2.75, 3.05) is 6.54 Å². The van der Waals surface area contributed by atoms with Gasteiger partial charge in [0.1, 0.15) is 5.60 Å². The summed E-state index contributed by atoms with van der Waals surface area (Å²) in [5.74, 6) is 0.105. The van der Waals surface area contributed by atoms with E-state index in [4.69, 9.17) is 4.74 Å². The van der Waals surface area contributed by atoms with E-state index in [1.54, 1.807) is 4.90 Å². The predicted molar refractivity (Wildman–Crippen MR) is 93.1 cm³/mol. The summed E-state index contributed by atoms with van der Waals surface area (Å²) in [6.07, 6.45) is 4.21. The van der Waals surface area contributed by atoms with Crippen molar-refractivity contribution in [3.05, 3.63) is 35.4 Å². The van der Waals surface area contributed by atoms with Crippen molar-refractivity contribution in [2.45, 2.75) is 70.4 Å². The highest BCUT2D eigenvalue weighted by molar-refractivity contribution is 5.93. The van der Waals surface area contributed by atoms with Crippen LogP contribution in [0.5, 0.6) is 0 Å². The van der Waals surface area contributed by atoms with Crippen LogP contribution in [0, 0.1) is 0 Å². The molecule has 1 aromatic carbocycles. The Balaban J connectivity index is 1.78. The van der Waals surface area contributed by atoms with Crippen molar-refractivity contribution >= 4 is 11.9 Å². The van der Waals surface area contributed by atoms with Crippen molar-refractivity contribution in [1.29, 1.82) is 0 Å². The molecular weight excluding hydrogens is 302 g/mol. The molecule has 0 aromatic heterocycles. The molecule has 1 fully saturated rings. The van der Waals surface area contributed by atoms with Crippen LogP contribution in [0.2, 0.25) is 0 Å². The number of carbonyl (C=O) groups is 2. The molecule has 1 aromatic rings. The van der Waals surface area contributed by atoms with E-state index in [9.17, 15) is 9.59 Å². The minimum absolute atomic E-state index is 0.0806. The van der Waals surface area contributed by atoms with Crippen LogP contribution in [0.3, 0.4) is 0 Å². The third kappa shape index (κ3) is 3.47. The lowest BCUT2D eigenvalue weighted by Gasteiger charge is -2.31. The first kappa shape index (κ1) is 17.0. The zero-order chi connectivity index (χ0) is 17.3. The van der Waals surface area contributed by atoms with Crippen LogP contribution >= 0.6 is 0 Å². The minimum atomic E-state index is -0.537. The maximum Gasteiger partial charge on any atom is 0.410 e.